The van der Waals surface area contributed by atoms with Crippen LogP contribution in [0.1, 0.15) is 32.8 Å². The number of nitrogens with zero attached hydrogens (tertiary/aromatic N) is 1. The highest BCUT2D eigenvalue weighted by atomic mass is 32.2. The molecule has 0 spiro atoms. The van der Waals surface area contributed by atoms with Gasteiger partial charge in [0.25, 0.3) is 0 Å². The van der Waals surface area contributed by atoms with E-state index in [4.69, 9.17) is 0 Å². The van der Waals surface area contributed by atoms with Crippen molar-refractivity contribution >= 4 is 10.0 Å². The molecule has 0 aromatic carbocycles. The predicted octanol–water partition coefficient (Wildman–Crippen LogP) is 1.65. The summed E-state index contributed by atoms with van der Waals surface area (Å²) in [6.07, 6.45) is 3.93. The van der Waals surface area contributed by atoms with Gasteiger partial charge in [-0.1, -0.05) is 6.92 Å². The average Bonchev–Trinajstić information content (AvgIpc) is 2.17. The summed E-state index contributed by atoms with van der Waals surface area (Å²) in [4.78, 5) is 3.91. The van der Waals surface area contributed by atoms with Crippen LogP contribution in [-0.4, -0.2) is 19.2 Å². The Morgan fingerprint density at radius 3 is 2.38 bits per heavy atom. The average molecular weight is 242 g/mol. The molecule has 1 heterocycles. The minimum atomic E-state index is -3.21. The fourth-order valence-corrected chi connectivity index (χ4v) is 3.07. The third kappa shape index (κ3) is 3.57. The highest BCUT2D eigenvalue weighted by Gasteiger charge is 2.25. The van der Waals surface area contributed by atoms with Crippen LogP contribution in [0.15, 0.2) is 24.5 Å². The monoisotopic (exact) mass is 242 g/mol. The summed E-state index contributed by atoms with van der Waals surface area (Å²) >= 11 is 0. The second kappa shape index (κ2) is 4.93. The van der Waals surface area contributed by atoms with Crippen molar-refractivity contribution in [2.24, 2.45) is 0 Å². The number of aromatic nitrogens is 1. The van der Waals surface area contributed by atoms with E-state index in [0.717, 1.165) is 5.56 Å². The molecule has 0 amide bonds. The van der Waals surface area contributed by atoms with E-state index in [0.29, 0.717) is 6.42 Å². The van der Waals surface area contributed by atoms with E-state index in [9.17, 15) is 8.42 Å². The normalized spacial score (nSPS) is 12.7. The van der Waals surface area contributed by atoms with E-state index in [1.54, 1.807) is 12.4 Å². The van der Waals surface area contributed by atoms with Gasteiger partial charge < -0.3 is 0 Å². The van der Waals surface area contributed by atoms with Crippen LogP contribution in [-0.2, 0) is 15.6 Å². The van der Waals surface area contributed by atoms with Crippen LogP contribution in [0.2, 0.25) is 0 Å². The summed E-state index contributed by atoms with van der Waals surface area (Å²) in [5, 5.41) is 0. The first kappa shape index (κ1) is 13.1. The lowest BCUT2D eigenvalue weighted by Gasteiger charge is -2.26. The van der Waals surface area contributed by atoms with Crippen molar-refractivity contribution in [1.29, 1.82) is 0 Å². The summed E-state index contributed by atoms with van der Waals surface area (Å²) in [5.41, 5.74) is 0.305. The van der Waals surface area contributed by atoms with E-state index in [1.807, 2.05) is 32.9 Å². The Kier molecular flexibility index (Phi) is 4.04. The van der Waals surface area contributed by atoms with E-state index in [2.05, 4.69) is 9.71 Å². The molecule has 1 rings (SSSR count). The Morgan fingerprint density at radius 2 is 1.88 bits per heavy atom. The predicted molar refractivity (Wildman–Crippen MR) is 64.5 cm³/mol. The van der Waals surface area contributed by atoms with Crippen molar-refractivity contribution < 1.29 is 8.42 Å². The second-order valence-electron chi connectivity index (χ2n) is 4.28. The lowest BCUT2D eigenvalue weighted by Crippen LogP contribution is -2.41. The molecule has 0 radical (unpaired) electrons. The molecule has 0 aliphatic rings. The fraction of sp³-hybridized carbons (Fsp3) is 0.545. The van der Waals surface area contributed by atoms with Gasteiger partial charge in [-0.2, -0.15) is 0 Å². The number of hydrogen-bond donors (Lipinski definition) is 1. The van der Waals surface area contributed by atoms with E-state index >= 15 is 0 Å². The van der Waals surface area contributed by atoms with Crippen LogP contribution in [0.25, 0.3) is 0 Å². The molecule has 0 bridgehead atoms. The summed E-state index contributed by atoms with van der Waals surface area (Å²) in [6, 6.07) is 3.63. The number of sulfonamides is 1. The molecule has 1 aromatic heterocycles. The van der Waals surface area contributed by atoms with E-state index < -0.39 is 15.6 Å². The smallest absolute Gasteiger partial charge is 0.212 e. The first-order valence-corrected chi connectivity index (χ1v) is 6.95. The van der Waals surface area contributed by atoms with Gasteiger partial charge in [0, 0.05) is 12.4 Å². The Morgan fingerprint density at radius 1 is 1.31 bits per heavy atom. The van der Waals surface area contributed by atoms with Gasteiger partial charge in [-0.05, 0) is 38.0 Å². The molecule has 1 aromatic rings. The maximum absolute atomic E-state index is 11.7. The first-order valence-electron chi connectivity index (χ1n) is 5.29. The molecule has 0 saturated carbocycles. The van der Waals surface area contributed by atoms with Crippen molar-refractivity contribution in [2.45, 2.75) is 32.7 Å². The number of rotatable bonds is 5. The molecule has 0 fully saturated rings. The second-order valence-corrected chi connectivity index (χ2v) is 6.12. The Labute approximate surface area is 97.2 Å². The van der Waals surface area contributed by atoms with Crippen LogP contribution < -0.4 is 4.72 Å². The molecule has 0 atom stereocenters. The number of nitrogens with one attached hydrogen (secondary N) is 1. The lowest BCUT2D eigenvalue weighted by molar-refractivity contribution is 0.471. The molecule has 5 heteroatoms. The Balaban J connectivity index is 2.88. The first-order chi connectivity index (χ1) is 7.37. The van der Waals surface area contributed by atoms with Gasteiger partial charge in [0.2, 0.25) is 10.0 Å². The van der Waals surface area contributed by atoms with Gasteiger partial charge in [0.15, 0.2) is 0 Å². The summed E-state index contributed by atoms with van der Waals surface area (Å²) in [7, 11) is -3.21. The van der Waals surface area contributed by atoms with Gasteiger partial charge in [-0.3, -0.25) is 4.98 Å². The largest absolute Gasteiger partial charge is 0.265 e. The van der Waals surface area contributed by atoms with Gasteiger partial charge in [-0.25, -0.2) is 13.1 Å². The van der Waals surface area contributed by atoms with Crippen LogP contribution >= 0.6 is 0 Å². The van der Waals surface area contributed by atoms with E-state index in [1.165, 1.54) is 0 Å². The molecule has 1 N–H and O–H groups in total. The molecule has 4 nitrogen and oxygen atoms in total. The number of pyridine rings is 1. The zero-order valence-electron chi connectivity index (χ0n) is 9.90. The summed E-state index contributed by atoms with van der Waals surface area (Å²) in [5.74, 6) is 0.154. The van der Waals surface area contributed by atoms with E-state index in [-0.39, 0.29) is 5.75 Å². The third-order valence-electron chi connectivity index (χ3n) is 2.29. The van der Waals surface area contributed by atoms with Crippen LogP contribution in [0, 0.1) is 0 Å². The van der Waals surface area contributed by atoms with Crippen molar-refractivity contribution in [3.8, 4) is 0 Å². The number of hydrogen-bond acceptors (Lipinski definition) is 3. The van der Waals surface area contributed by atoms with Crippen molar-refractivity contribution in [2.75, 3.05) is 5.75 Å². The minimum absolute atomic E-state index is 0.154. The van der Waals surface area contributed by atoms with Crippen molar-refractivity contribution in [3.63, 3.8) is 0 Å². The molecule has 0 aliphatic heterocycles. The van der Waals surface area contributed by atoms with Gasteiger partial charge >= 0.3 is 0 Å². The molecule has 0 unspecified atom stereocenters. The highest BCUT2D eigenvalue weighted by Crippen LogP contribution is 2.20. The SMILES string of the molecule is CCCS(=O)(=O)NC(C)(C)c1ccncc1. The quantitative estimate of drug-likeness (QED) is 0.854. The standard InChI is InChI=1S/C11H18N2O2S/c1-4-9-16(14,15)13-11(2,3)10-5-7-12-8-6-10/h5-8,13H,4,9H2,1-3H3. The fourth-order valence-electron chi connectivity index (χ4n) is 1.54. The van der Waals surface area contributed by atoms with Crippen molar-refractivity contribution in [3.05, 3.63) is 30.1 Å². The third-order valence-corrected chi connectivity index (χ3v) is 4.05. The maximum atomic E-state index is 11.7. The van der Waals surface area contributed by atoms with Crippen LogP contribution in [0.3, 0.4) is 0 Å². The topological polar surface area (TPSA) is 59.1 Å². The molecule has 90 valence electrons. The molecular weight excluding hydrogens is 224 g/mol. The lowest BCUT2D eigenvalue weighted by atomic mass is 9.97. The molecule has 16 heavy (non-hydrogen) atoms. The minimum Gasteiger partial charge on any atom is -0.265 e. The highest BCUT2D eigenvalue weighted by molar-refractivity contribution is 7.89. The zero-order chi connectivity index (χ0) is 12.2. The molecule has 0 saturated heterocycles. The Bertz CT molecular complexity index is 427. The summed E-state index contributed by atoms with van der Waals surface area (Å²) in [6.45, 7) is 5.53. The van der Waals surface area contributed by atoms with Crippen LogP contribution in [0.5, 0.6) is 0 Å². The Hall–Kier alpha value is -0.940. The van der Waals surface area contributed by atoms with Crippen LogP contribution in [0.4, 0.5) is 0 Å². The molecular formula is C11H18N2O2S. The van der Waals surface area contributed by atoms with Crippen molar-refractivity contribution in [1.82, 2.24) is 9.71 Å². The van der Waals surface area contributed by atoms with Gasteiger partial charge in [0.05, 0.1) is 11.3 Å². The summed E-state index contributed by atoms with van der Waals surface area (Å²) < 4.78 is 26.1. The molecule has 0 aliphatic carbocycles. The van der Waals surface area contributed by atoms with Gasteiger partial charge in [-0.15, -0.1) is 0 Å². The zero-order valence-corrected chi connectivity index (χ0v) is 10.7. The van der Waals surface area contributed by atoms with Gasteiger partial charge in [0.1, 0.15) is 0 Å². The maximum Gasteiger partial charge on any atom is 0.212 e.